The second-order valence-corrected chi connectivity index (χ2v) is 2.23. The van der Waals surface area contributed by atoms with Gasteiger partial charge in [-0.2, -0.15) is 0 Å². The molecule has 8 heavy (non-hydrogen) atoms. The summed E-state index contributed by atoms with van der Waals surface area (Å²) >= 11 is 0. The first-order chi connectivity index (χ1) is 3.55. The van der Waals surface area contributed by atoms with Crippen molar-refractivity contribution in [3.05, 3.63) is 0 Å². The molecule has 0 aromatic rings. The van der Waals surface area contributed by atoms with Gasteiger partial charge in [-0.05, 0) is 6.92 Å². The number of hydrogen-bond donors (Lipinski definition) is 1. The Labute approximate surface area is 49.5 Å². The monoisotopic (exact) mass is 116 g/mol. The lowest BCUT2D eigenvalue weighted by Crippen LogP contribution is -2.21. The Hall–Kier alpha value is -0.370. The van der Waals surface area contributed by atoms with E-state index in [0.717, 1.165) is 0 Å². The van der Waals surface area contributed by atoms with E-state index < -0.39 is 6.10 Å². The second-order valence-electron chi connectivity index (χ2n) is 2.23. The molecule has 0 spiro atoms. The van der Waals surface area contributed by atoms with E-state index in [-0.39, 0.29) is 11.7 Å². The number of carbonyl (C=O) groups is 1. The van der Waals surface area contributed by atoms with Crippen molar-refractivity contribution in [1.82, 2.24) is 0 Å². The lowest BCUT2D eigenvalue weighted by molar-refractivity contribution is -0.129. The average molecular weight is 116 g/mol. The van der Waals surface area contributed by atoms with Crippen molar-refractivity contribution in [2.45, 2.75) is 26.9 Å². The van der Waals surface area contributed by atoms with Gasteiger partial charge in [0.05, 0.1) is 0 Å². The van der Waals surface area contributed by atoms with E-state index >= 15 is 0 Å². The van der Waals surface area contributed by atoms with Crippen molar-refractivity contribution in [3.63, 3.8) is 0 Å². The Morgan fingerprint density at radius 1 is 1.38 bits per heavy atom. The summed E-state index contributed by atoms with van der Waals surface area (Å²) in [6.45, 7) is 5.03. The normalized spacial score (nSPS) is 14.1. The summed E-state index contributed by atoms with van der Waals surface area (Å²) in [6.07, 6.45) is -0.796. The van der Waals surface area contributed by atoms with E-state index in [9.17, 15) is 4.79 Å². The highest BCUT2D eigenvalue weighted by Gasteiger charge is 2.11. The average Bonchev–Trinajstić information content (AvgIpc) is 1.64. The number of hydrogen-bond acceptors (Lipinski definition) is 2. The van der Waals surface area contributed by atoms with Crippen molar-refractivity contribution in [1.29, 1.82) is 0 Å². The van der Waals surface area contributed by atoms with Crippen LogP contribution in [0.25, 0.3) is 0 Å². The summed E-state index contributed by atoms with van der Waals surface area (Å²) in [4.78, 5) is 10.6. The SMILES string of the molecule is CC(C)C(=O)[C@@H](C)O. The predicted octanol–water partition coefficient (Wildman–Crippen LogP) is 0.592. The fourth-order valence-electron chi connectivity index (χ4n) is 0.482. The quantitative estimate of drug-likeness (QED) is 0.573. The van der Waals surface area contributed by atoms with Crippen LogP contribution in [0.3, 0.4) is 0 Å². The summed E-state index contributed by atoms with van der Waals surface area (Å²) in [5.41, 5.74) is 0. The highest BCUT2D eigenvalue weighted by atomic mass is 16.3. The fraction of sp³-hybridized carbons (Fsp3) is 0.833. The lowest BCUT2D eigenvalue weighted by atomic mass is 10.1. The third kappa shape index (κ3) is 2.07. The number of aliphatic hydroxyl groups excluding tert-OH is 1. The molecule has 0 unspecified atom stereocenters. The first-order valence-electron chi connectivity index (χ1n) is 2.77. The van der Waals surface area contributed by atoms with Crippen LogP contribution in [-0.2, 0) is 4.79 Å². The van der Waals surface area contributed by atoms with Crippen molar-refractivity contribution >= 4 is 5.78 Å². The minimum Gasteiger partial charge on any atom is -0.386 e. The fourth-order valence-corrected chi connectivity index (χ4v) is 0.482. The summed E-state index contributed by atoms with van der Waals surface area (Å²) < 4.78 is 0. The molecule has 0 saturated carbocycles. The van der Waals surface area contributed by atoms with Crippen LogP contribution < -0.4 is 0 Å². The first-order valence-corrected chi connectivity index (χ1v) is 2.77. The van der Waals surface area contributed by atoms with E-state index in [1.54, 1.807) is 13.8 Å². The van der Waals surface area contributed by atoms with Crippen LogP contribution in [0.2, 0.25) is 0 Å². The molecular formula is C6H12O2. The first kappa shape index (κ1) is 7.63. The molecule has 0 amide bonds. The maximum absolute atomic E-state index is 10.6. The third-order valence-corrected chi connectivity index (χ3v) is 0.981. The minimum absolute atomic E-state index is 0.0463. The Bertz CT molecular complexity index is 74.5. The van der Waals surface area contributed by atoms with Crippen molar-refractivity contribution < 1.29 is 9.90 Å². The predicted molar refractivity (Wildman–Crippen MR) is 31.5 cm³/mol. The van der Waals surface area contributed by atoms with Gasteiger partial charge in [0.2, 0.25) is 0 Å². The van der Waals surface area contributed by atoms with Gasteiger partial charge in [0.15, 0.2) is 5.78 Å². The highest BCUT2D eigenvalue weighted by molar-refractivity contribution is 5.84. The Balaban J connectivity index is 3.65. The van der Waals surface area contributed by atoms with Gasteiger partial charge in [-0.1, -0.05) is 13.8 Å². The van der Waals surface area contributed by atoms with E-state index in [1.807, 2.05) is 0 Å². The molecule has 0 heterocycles. The van der Waals surface area contributed by atoms with E-state index in [0.29, 0.717) is 0 Å². The Kier molecular flexibility index (Phi) is 2.69. The van der Waals surface area contributed by atoms with Gasteiger partial charge in [0, 0.05) is 5.92 Å². The maximum Gasteiger partial charge on any atom is 0.163 e. The van der Waals surface area contributed by atoms with Gasteiger partial charge in [0.25, 0.3) is 0 Å². The smallest absolute Gasteiger partial charge is 0.163 e. The summed E-state index contributed by atoms with van der Waals surface area (Å²) in [7, 11) is 0. The van der Waals surface area contributed by atoms with Crippen molar-refractivity contribution in [2.24, 2.45) is 5.92 Å². The lowest BCUT2D eigenvalue weighted by Gasteiger charge is -2.04. The number of carbonyl (C=O) groups excluding carboxylic acids is 1. The number of ketones is 1. The Morgan fingerprint density at radius 2 is 1.75 bits per heavy atom. The molecule has 0 aromatic carbocycles. The molecule has 0 radical (unpaired) electrons. The largest absolute Gasteiger partial charge is 0.386 e. The van der Waals surface area contributed by atoms with Gasteiger partial charge < -0.3 is 5.11 Å². The van der Waals surface area contributed by atoms with Gasteiger partial charge >= 0.3 is 0 Å². The van der Waals surface area contributed by atoms with Crippen LogP contribution >= 0.6 is 0 Å². The zero-order valence-electron chi connectivity index (χ0n) is 5.51. The second kappa shape index (κ2) is 2.82. The molecule has 0 fully saturated rings. The molecule has 2 heteroatoms. The van der Waals surface area contributed by atoms with E-state index in [2.05, 4.69) is 0 Å². The van der Waals surface area contributed by atoms with Gasteiger partial charge in [0.1, 0.15) is 6.10 Å². The van der Waals surface area contributed by atoms with Crippen LogP contribution in [-0.4, -0.2) is 17.0 Å². The van der Waals surface area contributed by atoms with Crippen LogP contribution in [0.1, 0.15) is 20.8 Å². The van der Waals surface area contributed by atoms with Crippen LogP contribution in [0.4, 0.5) is 0 Å². The maximum atomic E-state index is 10.6. The summed E-state index contributed by atoms with van der Waals surface area (Å²) in [5.74, 6) is -0.139. The van der Waals surface area contributed by atoms with E-state index in [4.69, 9.17) is 5.11 Å². The summed E-state index contributed by atoms with van der Waals surface area (Å²) in [6, 6.07) is 0. The van der Waals surface area contributed by atoms with Gasteiger partial charge in [-0.15, -0.1) is 0 Å². The standard InChI is InChI=1S/C6H12O2/c1-4(2)6(8)5(3)7/h4-5,7H,1-3H3/t5-/m1/s1. The molecular weight excluding hydrogens is 104 g/mol. The topological polar surface area (TPSA) is 37.3 Å². The molecule has 0 aliphatic rings. The molecule has 1 atom stereocenters. The summed E-state index contributed by atoms with van der Waals surface area (Å²) in [5, 5.41) is 8.64. The minimum atomic E-state index is -0.796. The van der Waals surface area contributed by atoms with Gasteiger partial charge in [-0.25, -0.2) is 0 Å². The Morgan fingerprint density at radius 3 is 1.75 bits per heavy atom. The highest BCUT2D eigenvalue weighted by Crippen LogP contribution is 1.97. The zero-order chi connectivity index (χ0) is 6.73. The molecule has 0 aliphatic carbocycles. The van der Waals surface area contributed by atoms with Crippen molar-refractivity contribution in [2.75, 3.05) is 0 Å². The molecule has 0 rings (SSSR count). The van der Waals surface area contributed by atoms with E-state index in [1.165, 1.54) is 6.92 Å². The molecule has 48 valence electrons. The van der Waals surface area contributed by atoms with Crippen LogP contribution in [0, 0.1) is 5.92 Å². The van der Waals surface area contributed by atoms with Gasteiger partial charge in [-0.3, -0.25) is 4.79 Å². The molecule has 1 N–H and O–H groups in total. The number of Topliss-reactive ketones (excluding diaryl/α,β-unsaturated/α-hetero) is 1. The molecule has 0 aliphatic heterocycles. The third-order valence-electron chi connectivity index (χ3n) is 0.981. The molecule has 0 saturated heterocycles. The molecule has 2 nitrogen and oxygen atoms in total. The molecule has 0 aromatic heterocycles. The van der Waals surface area contributed by atoms with Crippen LogP contribution in [0.15, 0.2) is 0 Å². The number of aliphatic hydroxyl groups is 1. The zero-order valence-corrected chi connectivity index (χ0v) is 5.51. The number of rotatable bonds is 2. The van der Waals surface area contributed by atoms with Crippen LogP contribution in [0.5, 0.6) is 0 Å². The molecule has 0 bridgehead atoms. The van der Waals surface area contributed by atoms with Crippen molar-refractivity contribution in [3.8, 4) is 0 Å².